The van der Waals surface area contributed by atoms with Gasteiger partial charge in [0.2, 0.25) is 0 Å². The predicted octanol–water partition coefficient (Wildman–Crippen LogP) is 4.96. The number of methoxy groups -OCH3 is 1. The van der Waals surface area contributed by atoms with Crippen LogP contribution in [0.25, 0.3) is 0 Å². The van der Waals surface area contributed by atoms with Crippen molar-refractivity contribution in [2.24, 2.45) is 0 Å². The largest absolute Gasteiger partial charge is 0.497 e. The van der Waals surface area contributed by atoms with E-state index in [1.54, 1.807) is 7.11 Å². The Morgan fingerprint density at radius 1 is 0.842 bits per heavy atom. The van der Waals surface area contributed by atoms with Gasteiger partial charge < -0.3 is 9.47 Å². The Balaban J connectivity index is 1.95. The molecule has 2 heteroatoms. The van der Waals surface area contributed by atoms with Crippen molar-refractivity contribution >= 4 is 0 Å². The molecule has 0 aliphatic carbocycles. The van der Waals surface area contributed by atoms with Crippen molar-refractivity contribution in [1.82, 2.24) is 0 Å². The van der Waals surface area contributed by atoms with Gasteiger partial charge in [-0.15, -0.1) is 0 Å². The number of ether oxygens (including phenoxy) is 2. The van der Waals surface area contributed by atoms with E-state index in [1.165, 1.54) is 50.5 Å². The lowest BCUT2D eigenvalue weighted by Gasteiger charge is -2.05. The van der Waals surface area contributed by atoms with Crippen LogP contribution in [0.15, 0.2) is 24.3 Å². The molecule has 2 nitrogen and oxygen atoms in total. The molecule has 0 amide bonds. The fraction of sp³-hybridized carbons (Fsp3) is 0.647. The number of unbranched alkanes of at least 4 members (excludes halogenated alkanes) is 6. The van der Waals surface area contributed by atoms with Crippen LogP contribution >= 0.6 is 0 Å². The molecule has 1 aromatic rings. The maximum Gasteiger partial charge on any atom is 0.118 e. The standard InChI is InChI=1S/C17H28O2/c1-3-4-5-6-7-8-9-14-19-15-16-10-12-17(18-2)13-11-16/h10-13H,3-9,14-15H2,1-2H3. The molecule has 0 atom stereocenters. The zero-order valence-corrected chi connectivity index (χ0v) is 12.5. The predicted molar refractivity (Wildman–Crippen MR) is 80.6 cm³/mol. The fourth-order valence-corrected chi connectivity index (χ4v) is 2.07. The first-order valence-corrected chi connectivity index (χ1v) is 7.57. The highest BCUT2D eigenvalue weighted by Gasteiger charge is 1.95. The number of hydrogen-bond donors (Lipinski definition) is 0. The van der Waals surface area contributed by atoms with Crippen molar-refractivity contribution in [3.8, 4) is 5.75 Å². The molecule has 108 valence electrons. The third kappa shape index (κ3) is 7.89. The van der Waals surface area contributed by atoms with E-state index in [4.69, 9.17) is 9.47 Å². The molecule has 0 saturated heterocycles. The highest BCUT2D eigenvalue weighted by Crippen LogP contribution is 2.12. The van der Waals surface area contributed by atoms with Crippen molar-refractivity contribution in [2.75, 3.05) is 13.7 Å². The van der Waals surface area contributed by atoms with Crippen LogP contribution in [-0.4, -0.2) is 13.7 Å². The van der Waals surface area contributed by atoms with Crippen molar-refractivity contribution in [2.45, 2.75) is 58.5 Å². The molecule has 0 radical (unpaired) electrons. The van der Waals surface area contributed by atoms with Gasteiger partial charge in [0.25, 0.3) is 0 Å². The van der Waals surface area contributed by atoms with Crippen molar-refractivity contribution < 1.29 is 9.47 Å². The highest BCUT2D eigenvalue weighted by atomic mass is 16.5. The monoisotopic (exact) mass is 264 g/mol. The van der Waals surface area contributed by atoms with Crippen LogP contribution in [0.5, 0.6) is 5.75 Å². The minimum absolute atomic E-state index is 0.708. The first-order valence-electron chi connectivity index (χ1n) is 7.57. The van der Waals surface area contributed by atoms with Gasteiger partial charge in [0.1, 0.15) is 5.75 Å². The summed E-state index contributed by atoms with van der Waals surface area (Å²) in [6.45, 7) is 3.84. The van der Waals surface area contributed by atoms with Crippen LogP contribution in [0.4, 0.5) is 0 Å². The topological polar surface area (TPSA) is 18.5 Å². The summed E-state index contributed by atoms with van der Waals surface area (Å²) in [4.78, 5) is 0. The molecule has 0 fully saturated rings. The lowest BCUT2D eigenvalue weighted by atomic mass is 10.1. The average molecular weight is 264 g/mol. The second-order valence-corrected chi connectivity index (χ2v) is 5.02. The van der Waals surface area contributed by atoms with E-state index in [-0.39, 0.29) is 0 Å². The van der Waals surface area contributed by atoms with Gasteiger partial charge in [0, 0.05) is 6.61 Å². The molecule has 0 saturated carbocycles. The Labute approximate surface area is 118 Å². The molecule has 0 aromatic heterocycles. The van der Waals surface area contributed by atoms with Crippen LogP contribution in [0.1, 0.15) is 57.4 Å². The minimum Gasteiger partial charge on any atom is -0.497 e. The number of benzene rings is 1. The highest BCUT2D eigenvalue weighted by molar-refractivity contribution is 5.26. The van der Waals surface area contributed by atoms with Crippen LogP contribution in [-0.2, 0) is 11.3 Å². The van der Waals surface area contributed by atoms with Crippen molar-refractivity contribution in [3.05, 3.63) is 29.8 Å². The quantitative estimate of drug-likeness (QED) is 0.526. The van der Waals surface area contributed by atoms with Gasteiger partial charge in [-0.3, -0.25) is 0 Å². The van der Waals surface area contributed by atoms with Gasteiger partial charge in [0.05, 0.1) is 13.7 Å². The summed E-state index contributed by atoms with van der Waals surface area (Å²) >= 11 is 0. The van der Waals surface area contributed by atoms with Crippen LogP contribution in [0, 0.1) is 0 Å². The summed E-state index contributed by atoms with van der Waals surface area (Å²) in [6, 6.07) is 8.08. The SMILES string of the molecule is CCCCCCCCCOCc1ccc(OC)cc1. The summed E-state index contributed by atoms with van der Waals surface area (Å²) in [6.07, 6.45) is 9.31. The van der Waals surface area contributed by atoms with Crippen LogP contribution in [0.2, 0.25) is 0 Å². The molecule has 0 heterocycles. The third-order valence-electron chi connectivity index (χ3n) is 3.32. The van der Waals surface area contributed by atoms with E-state index in [9.17, 15) is 0 Å². The second kappa shape index (κ2) is 10.9. The summed E-state index contributed by atoms with van der Waals surface area (Å²) in [7, 11) is 1.69. The molecule has 1 rings (SSSR count). The van der Waals surface area contributed by atoms with Gasteiger partial charge in [-0.25, -0.2) is 0 Å². The van der Waals surface area contributed by atoms with E-state index in [0.29, 0.717) is 6.61 Å². The molecule has 19 heavy (non-hydrogen) atoms. The maximum atomic E-state index is 5.68. The third-order valence-corrected chi connectivity index (χ3v) is 3.32. The normalized spacial score (nSPS) is 10.6. The molecule has 0 aliphatic rings. The van der Waals surface area contributed by atoms with Crippen molar-refractivity contribution in [3.63, 3.8) is 0 Å². The van der Waals surface area contributed by atoms with E-state index in [0.717, 1.165) is 12.4 Å². The summed E-state index contributed by atoms with van der Waals surface area (Å²) in [5, 5.41) is 0. The van der Waals surface area contributed by atoms with Crippen LogP contribution < -0.4 is 4.74 Å². The zero-order chi connectivity index (χ0) is 13.8. The molecule has 0 unspecified atom stereocenters. The minimum atomic E-state index is 0.708. The molecule has 0 N–H and O–H groups in total. The van der Waals surface area contributed by atoms with E-state index in [1.807, 2.05) is 12.1 Å². The van der Waals surface area contributed by atoms with E-state index in [2.05, 4.69) is 19.1 Å². The maximum absolute atomic E-state index is 5.68. The number of rotatable bonds is 11. The number of hydrogen-bond acceptors (Lipinski definition) is 2. The second-order valence-electron chi connectivity index (χ2n) is 5.02. The van der Waals surface area contributed by atoms with Crippen LogP contribution in [0.3, 0.4) is 0 Å². The van der Waals surface area contributed by atoms with Gasteiger partial charge in [-0.1, -0.05) is 57.6 Å². The van der Waals surface area contributed by atoms with Gasteiger partial charge >= 0.3 is 0 Å². The summed E-state index contributed by atoms with van der Waals surface area (Å²) in [5.41, 5.74) is 1.21. The summed E-state index contributed by atoms with van der Waals surface area (Å²) in [5.74, 6) is 0.899. The Kier molecular flexibility index (Phi) is 9.17. The molecular weight excluding hydrogens is 236 g/mol. The average Bonchev–Trinajstić information content (AvgIpc) is 2.46. The molecular formula is C17H28O2. The fourth-order valence-electron chi connectivity index (χ4n) is 2.07. The molecule has 0 bridgehead atoms. The Hall–Kier alpha value is -1.02. The van der Waals surface area contributed by atoms with Crippen molar-refractivity contribution in [1.29, 1.82) is 0 Å². The Morgan fingerprint density at radius 3 is 2.11 bits per heavy atom. The lowest BCUT2D eigenvalue weighted by molar-refractivity contribution is 0.116. The van der Waals surface area contributed by atoms with E-state index >= 15 is 0 Å². The van der Waals surface area contributed by atoms with Gasteiger partial charge in [0.15, 0.2) is 0 Å². The zero-order valence-electron chi connectivity index (χ0n) is 12.5. The van der Waals surface area contributed by atoms with E-state index < -0.39 is 0 Å². The lowest BCUT2D eigenvalue weighted by Crippen LogP contribution is -1.96. The first kappa shape index (κ1) is 16.0. The smallest absolute Gasteiger partial charge is 0.118 e. The first-order chi connectivity index (χ1) is 9.36. The van der Waals surface area contributed by atoms with Gasteiger partial charge in [-0.2, -0.15) is 0 Å². The molecule has 0 aliphatic heterocycles. The Bertz CT molecular complexity index is 306. The summed E-state index contributed by atoms with van der Waals surface area (Å²) < 4.78 is 10.8. The van der Waals surface area contributed by atoms with Gasteiger partial charge in [-0.05, 0) is 24.1 Å². The Morgan fingerprint density at radius 2 is 1.47 bits per heavy atom. The molecule has 0 spiro atoms. The molecule has 1 aromatic carbocycles.